The number of amides is 1. The SMILES string of the molecule is Cc1ccc(C)c(NS(=O)(=O)c2cc3c4c(c2)[C@H](C)C(=O)N4CCC3)c1. The zero-order valence-electron chi connectivity index (χ0n) is 15.2. The number of rotatable bonds is 3. The number of anilines is 2. The van der Waals surface area contributed by atoms with Crippen molar-refractivity contribution in [1.29, 1.82) is 0 Å². The van der Waals surface area contributed by atoms with Crippen LogP contribution in [0.1, 0.15) is 41.5 Å². The minimum atomic E-state index is -3.72. The molecule has 0 unspecified atom stereocenters. The van der Waals surface area contributed by atoms with E-state index in [1.54, 1.807) is 12.1 Å². The quantitative estimate of drug-likeness (QED) is 0.899. The lowest BCUT2D eigenvalue weighted by molar-refractivity contribution is -0.119. The summed E-state index contributed by atoms with van der Waals surface area (Å²) >= 11 is 0. The lowest BCUT2D eigenvalue weighted by Crippen LogP contribution is -2.32. The summed E-state index contributed by atoms with van der Waals surface area (Å²) in [6, 6.07) is 9.08. The summed E-state index contributed by atoms with van der Waals surface area (Å²) in [5, 5.41) is 0. The standard InChI is InChI=1S/C20H22N2O3S/c1-12-6-7-13(2)18(9-12)21-26(24,25)16-10-15-5-4-8-22-19(15)17(11-16)14(3)20(22)23/h6-7,9-11,14,21H,4-5,8H2,1-3H3/t14-/m0/s1. The molecule has 0 bridgehead atoms. The summed E-state index contributed by atoms with van der Waals surface area (Å²) in [4.78, 5) is 14.5. The number of hydrogen-bond donors (Lipinski definition) is 1. The summed E-state index contributed by atoms with van der Waals surface area (Å²) < 4.78 is 28.7. The van der Waals surface area contributed by atoms with Crippen LogP contribution >= 0.6 is 0 Å². The molecule has 2 aliphatic heterocycles. The third-order valence-electron chi connectivity index (χ3n) is 5.34. The van der Waals surface area contributed by atoms with Crippen molar-refractivity contribution in [3.8, 4) is 0 Å². The zero-order chi connectivity index (χ0) is 18.6. The maximum atomic E-state index is 13.0. The molecule has 1 atom stereocenters. The first-order valence-electron chi connectivity index (χ1n) is 8.86. The fourth-order valence-corrected chi connectivity index (χ4v) is 5.08. The number of carbonyl (C=O) groups is 1. The Labute approximate surface area is 154 Å². The van der Waals surface area contributed by atoms with E-state index < -0.39 is 10.0 Å². The average Bonchev–Trinajstić information content (AvgIpc) is 2.85. The average molecular weight is 370 g/mol. The number of benzene rings is 2. The fraction of sp³-hybridized carbons (Fsp3) is 0.350. The van der Waals surface area contributed by atoms with Crippen LogP contribution in [0.25, 0.3) is 0 Å². The molecule has 0 saturated carbocycles. The van der Waals surface area contributed by atoms with Crippen LogP contribution in [0.3, 0.4) is 0 Å². The first-order chi connectivity index (χ1) is 12.3. The number of aryl methyl sites for hydroxylation is 3. The topological polar surface area (TPSA) is 66.5 Å². The minimum absolute atomic E-state index is 0.0676. The van der Waals surface area contributed by atoms with E-state index in [1.807, 2.05) is 43.9 Å². The molecule has 2 aliphatic rings. The lowest BCUT2D eigenvalue weighted by atomic mass is 9.97. The fourth-order valence-electron chi connectivity index (χ4n) is 3.87. The molecule has 2 aromatic carbocycles. The van der Waals surface area contributed by atoms with Gasteiger partial charge in [0.1, 0.15) is 0 Å². The van der Waals surface area contributed by atoms with E-state index in [9.17, 15) is 13.2 Å². The van der Waals surface area contributed by atoms with E-state index in [4.69, 9.17) is 0 Å². The molecule has 0 saturated heterocycles. The summed E-state index contributed by atoms with van der Waals surface area (Å²) in [5.41, 5.74) is 5.16. The van der Waals surface area contributed by atoms with Crippen LogP contribution in [0.4, 0.5) is 11.4 Å². The Morgan fingerprint density at radius 2 is 1.92 bits per heavy atom. The van der Waals surface area contributed by atoms with Crippen LogP contribution in [-0.4, -0.2) is 20.9 Å². The van der Waals surface area contributed by atoms with Crippen LogP contribution in [-0.2, 0) is 21.2 Å². The van der Waals surface area contributed by atoms with Crippen LogP contribution in [0.15, 0.2) is 35.2 Å². The molecule has 0 aliphatic carbocycles. The third kappa shape index (κ3) is 2.60. The van der Waals surface area contributed by atoms with Crippen LogP contribution in [0.2, 0.25) is 0 Å². The second kappa shape index (κ2) is 5.84. The summed E-state index contributed by atoms with van der Waals surface area (Å²) in [6.07, 6.45) is 1.66. The molecule has 2 heterocycles. The Morgan fingerprint density at radius 1 is 1.15 bits per heavy atom. The number of nitrogens with one attached hydrogen (secondary N) is 1. The van der Waals surface area contributed by atoms with Gasteiger partial charge in [0.25, 0.3) is 10.0 Å². The molecule has 136 valence electrons. The molecule has 0 spiro atoms. The lowest BCUT2D eigenvalue weighted by Gasteiger charge is -2.26. The van der Waals surface area contributed by atoms with Crippen molar-refractivity contribution in [2.75, 3.05) is 16.2 Å². The monoisotopic (exact) mass is 370 g/mol. The van der Waals surface area contributed by atoms with Gasteiger partial charge >= 0.3 is 0 Å². The summed E-state index contributed by atoms with van der Waals surface area (Å²) in [7, 11) is -3.72. The molecule has 2 aromatic rings. The van der Waals surface area contributed by atoms with E-state index in [1.165, 1.54) is 0 Å². The molecular formula is C20H22N2O3S. The predicted octanol–water partition coefficient (Wildman–Crippen LogP) is 3.50. The molecular weight excluding hydrogens is 348 g/mol. The van der Waals surface area contributed by atoms with Crippen molar-refractivity contribution in [1.82, 2.24) is 0 Å². The number of sulfonamides is 1. The maximum Gasteiger partial charge on any atom is 0.261 e. The Balaban J connectivity index is 1.79. The van der Waals surface area contributed by atoms with E-state index in [2.05, 4.69) is 4.72 Å². The number of hydrogen-bond acceptors (Lipinski definition) is 3. The van der Waals surface area contributed by atoms with Gasteiger partial charge in [-0.25, -0.2) is 8.42 Å². The van der Waals surface area contributed by atoms with Crippen LogP contribution in [0, 0.1) is 13.8 Å². The Bertz CT molecular complexity index is 1030. The normalized spacial score (nSPS) is 18.8. The molecule has 0 fully saturated rings. The molecule has 0 radical (unpaired) electrons. The Hall–Kier alpha value is -2.34. The maximum absolute atomic E-state index is 13.0. The van der Waals surface area contributed by atoms with Gasteiger partial charge in [0.15, 0.2) is 0 Å². The van der Waals surface area contributed by atoms with Crippen molar-refractivity contribution >= 4 is 27.3 Å². The molecule has 1 amide bonds. The van der Waals surface area contributed by atoms with Crippen LogP contribution in [0.5, 0.6) is 0 Å². The smallest absolute Gasteiger partial charge is 0.261 e. The Kier molecular flexibility index (Phi) is 3.84. The molecule has 1 N–H and O–H groups in total. The van der Waals surface area contributed by atoms with Crippen molar-refractivity contribution in [2.45, 2.75) is 44.4 Å². The highest BCUT2D eigenvalue weighted by atomic mass is 32.2. The first kappa shape index (κ1) is 17.1. The van der Waals surface area contributed by atoms with Crippen molar-refractivity contribution in [3.05, 3.63) is 52.6 Å². The van der Waals surface area contributed by atoms with Crippen LogP contribution < -0.4 is 9.62 Å². The molecule has 26 heavy (non-hydrogen) atoms. The second-order valence-corrected chi connectivity index (χ2v) is 8.94. The summed E-state index contributed by atoms with van der Waals surface area (Å²) in [6.45, 7) is 6.38. The number of nitrogens with zero attached hydrogens (tertiary/aromatic N) is 1. The van der Waals surface area contributed by atoms with Gasteiger partial charge in [-0.15, -0.1) is 0 Å². The molecule has 4 rings (SSSR count). The predicted molar refractivity (Wildman–Crippen MR) is 102 cm³/mol. The number of carbonyl (C=O) groups excluding carboxylic acids is 1. The van der Waals surface area contributed by atoms with E-state index >= 15 is 0 Å². The second-order valence-electron chi connectivity index (χ2n) is 7.26. The minimum Gasteiger partial charge on any atom is -0.311 e. The van der Waals surface area contributed by atoms with Crippen molar-refractivity contribution in [2.24, 2.45) is 0 Å². The van der Waals surface area contributed by atoms with Gasteiger partial charge in [0.2, 0.25) is 5.91 Å². The largest absolute Gasteiger partial charge is 0.311 e. The van der Waals surface area contributed by atoms with Gasteiger partial charge in [0, 0.05) is 6.54 Å². The van der Waals surface area contributed by atoms with Gasteiger partial charge in [-0.2, -0.15) is 0 Å². The van der Waals surface area contributed by atoms with E-state index in [0.29, 0.717) is 5.69 Å². The van der Waals surface area contributed by atoms with Crippen molar-refractivity contribution in [3.63, 3.8) is 0 Å². The summed E-state index contributed by atoms with van der Waals surface area (Å²) in [5.74, 6) is -0.226. The molecule has 5 nitrogen and oxygen atoms in total. The molecule has 0 aromatic heterocycles. The highest BCUT2D eigenvalue weighted by Gasteiger charge is 2.38. The molecule has 6 heteroatoms. The first-order valence-corrected chi connectivity index (χ1v) is 10.3. The van der Waals surface area contributed by atoms with Gasteiger partial charge < -0.3 is 4.90 Å². The van der Waals surface area contributed by atoms with Gasteiger partial charge in [-0.1, -0.05) is 12.1 Å². The van der Waals surface area contributed by atoms with E-state index in [0.717, 1.165) is 47.3 Å². The van der Waals surface area contributed by atoms with Gasteiger partial charge in [0.05, 0.1) is 22.2 Å². The Morgan fingerprint density at radius 3 is 2.69 bits per heavy atom. The highest BCUT2D eigenvalue weighted by Crippen LogP contribution is 2.44. The van der Waals surface area contributed by atoms with E-state index in [-0.39, 0.29) is 16.7 Å². The third-order valence-corrected chi connectivity index (χ3v) is 6.69. The van der Waals surface area contributed by atoms with Gasteiger partial charge in [-0.3, -0.25) is 9.52 Å². The van der Waals surface area contributed by atoms with Gasteiger partial charge in [-0.05, 0) is 74.1 Å². The highest BCUT2D eigenvalue weighted by molar-refractivity contribution is 7.92. The zero-order valence-corrected chi connectivity index (χ0v) is 16.0. The van der Waals surface area contributed by atoms with Crippen molar-refractivity contribution < 1.29 is 13.2 Å².